The number of thioether (sulfide) groups is 1. The van der Waals surface area contributed by atoms with Crippen LogP contribution in [0.25, 0.3) is 0 Å². The minimum Gasteiger partial charge on any atom is -0.314 e. The van der Waals surface area contributed by atoms with Gasteiger partial charge in [-0.25, -0.2) is 4.98 Å². The molecule has 0 spiro atoms. The largest absolute Gasteiger partial charge is 0.314 e. The fourth-order valence-corrected chi connectivity index (χ4v) is 3.83. The van der Waals surface area contributed by atoms with Gasteiger partial charge in [0.2, 0.25) is 0 Å². The van der Waals surface area contributed by atoms with Gasteiger partial charge in [-0.05, 0) is 37.9 Å². The summed E-state index contributed by atoms with van der Waals surface area (Å²) in [5, 5.41) is 5.96. The molecule has 0 saturated heterocycles. The van der Waals surface area contributed by atoms with E-state index in [9.17, 15) is 0 Å². The molecule has 1 N–H and O–H groups in total. The van der Waals surface area contributed by atoms with Crippen molar-refractivity contribution in [3.05, 3.63) is 23.4 Å². The second-order valence-electron chi connectivity index (χ2n) is 4.45. The summed E-state index contributed by atoms with van der Waals surface area (Å²) >= 11 is 7.98. The maximum Gasteiger partial charge on any atom is 0.115 e. The zero-order valence-corrected chi connectivity index (χ0v) is 11.7. The van der Waals surface area contributed by atoms with Gasteiger partial charge in [0.05, 0.1) is 5.02 Å². The van der Waals surface area contributed by atoms with E-state index in [1.807, 2.05) is 30.1 Å². The molecular weight excluding hydrogens is 252 g/mol. The Balaban J connectivity index is 1.92. The molecule has 94 valence electrons. The second kappa shape index (κ2) is 6.62. The maximum atomic E-state index is 6.14. The van der Waals surface area contributed by atoms with E-state index in [1.165, 1.54) is 25.7 Å². The molecule has 0 aromatic carbocycles. The van der Waals surface area contributed by atoms with E-state index in [-0.39, 0.29) is 0 Å². The number of rotatable bonds is 4. The number of pyridine rings is 1. The summed E-state index contributed by atoms with van der Waals surface area (Å²) in [6, 6.07) is 4.48. The molecule has 2 unspecified atom stereocenters. The second-order valence-corrected chi connectivity index (χ2v) is 6.15. The summed E-state index contributed by atoms with van der Waals surface area (Å²) in [7, 11) is 0. The van der Waals surface area contributed by atoms with Crippen molar-refractivity contribution in [1.82, 2.24) is 10.3 Å². The van der Waals surface area contributed by atoms with Gasteiger partial charge in [-0.2, -0.15) is 0 Å². The fraction of sp³-hybridized carbons (Fsp3) is 0.615. The van der Waals surface area contributed by atoms with E-state index in [0.29, 0.717) is 11.3 Å². The average Bonchev–Trinajstić information content (AvgIpc) is 2.33. The topological polar surface area (TPSA) is 24.9 Å². The minimum atomic E-state index is 0.653. The molecule has 0 bridgehead atoms. The summed E-state index contributed by atoms with van der Waals surface area (Å²) in [5.41, 5.74) is 0. The van der Waals surface area contributed by atoms with Crippen molar-refractivity contribution in [3.8, 4) is 0 Å². The minimum absolute atomic E-state index is 0.653. The first kappa shape index (κ1) is 13.2. The van der Waals surface area contributed by atoms with Gasteiger partial charge in [0, 0.05) is 17.5 Å². The number of hydrogen-bond donors (Lipinski definition) is 1. The van der Waals surface area contributed by atoms with Crippen molar-refractivity contribution < 1.29 is 0 Å². The van der Waals surface area contributed by atoms with Crippen molar-refractivity contribution in [2.45, 2.75) is 48.9 Å². The lowest BCUT2D eigenvalue weighted by Gasteiger charge is -2.29. The molecule has 2 nitrogen and oxygen atoms in total. The van der Waals surface area contributed by atoms with Crippen LogP contribution in [0.1, 0.15) is 32.6 Å². The van der Waals surface area contributed by atoms with Gasteiger partial charge in [-0.15, -0.1) is 11.8 Å². The van der Waals surface area contributed by atoms with Gasteiger partial charge in [-0.3, -0.25) is 0 Å². The third-order valence-corrected chi connectivity index (χ3v) is 4.85. The molecule has 1 aliphatic rings. The molecule has 0 radical (unpaired) electrons. The predicted octanol–water partition coefficient (Wildman–Crippen LogP) is 3.75. The van der Waals surface area contributed by atoms with Crippen LogP contribution in [-0.4, -0.2) is 22.8 Å². The van der Waals surface area contributed by atoms with Gasteiger partial charge in [0.25, 0.3) is 0 Å². The molecule has 2 atom stereocenters. The average molecular weight is 271 g/mol. The Hall–Kier alpha value is -0.250. The van der Waals surface area contributed by atoms with Crippen molar-refractivity contribution >= 4 is 23.4 Å². The standard InChI is InChI=1S/C13H19ClN2S/c1-2-15-10-5-3-6-11(9-10)17-13-12(14)7-4-8-16-13/h4,7-8,10-11,15H,2-3,5-6,9H2,1H3. The van der Waals surface area contributed by atoms with E-state index in [0.717, 1.165) is 16.6 Å². The van der Waals surface area contributed by atoms with E-state index in [2.05, 4.69) is 17.2 Å². The number of hydrogen-bond acceptors (Lipinski definition) is 3. The maximum absolute atomic E-state index is 6.14. The molecule has 1 aliphatic carbocycles. The fourth-order valence-electron chi connectivity index (χ4n) is 2.34. The van der Waals surface area contributed by atoms with Gasteiger partial charge >= 0.3 is 0 Å². The quantitative estimate of drug-likeness (QED) is 0.902. The van der Waals surface area contributed by atoms with Crippen LogP contribution < -0.4 is 5.32 Å². The highest BCUT2D eigenvalue weighted by molar-refractivity contribution is 8.00. The van der Waals surface area contributed by atoms with Gasteiger partial charge in [0.15, 0.2) is 0 Å². The Morgan fingerprint density at radius 2 is 2.41 bits per heavy atom. The smallest absolute Gasteiger partial charge is 0.115 e. The van der Waals surface area contributed by atoms with Crippen molar-refractivity contribution in [1.29, 1.82) is 0 Å². The molecule has 2 rings (SSSR count). The molecule has 0 aliphatic heterocycles. The summed E-state index contributed by atoms with van der Waals surface area (Å²) in [5.74, 6) is 0. The molecule has 1 heterocycles. The van der Waals surface area contributed by atoms with Crippen LogP contribution in [0, 0.1) is 0 Å². The number of halogens is 1. The van der Waals surface area contributed by atoms with Crippen LogP contribution in [0.15, 0.2) is 23.4 Å². The Labute approximate surface area is 113 Å². The van der Waals surface area contributed by atoms with Crippen LogP contribution >= 0.6 is 23.4 Å². The Bertz CT molecular complexity index is 357. The highest BCUT2D eigenvalue weighted by Gasteiger charge is 2.22. The first-order valence-corrected chi connectivity index (χ1v) is 7.56. The van der Waals surface area contributed by atoms with Gasteiger partial charge in [-0.1, -0.05) is 24.9 Å². The van der Waals surface area contributed by atoms with Gasteiger partial charge < -0.3 is 5.32 Å². The van der Waals surface area contributed by atoms with Crippen molar-refractivity contribution in [3.63, 3.8) is 0 Å². The lowest BCUT2D eigenvalue weighted by Crippen LogP contribution is -2.34. The van der Waals surface area contributed by atoms with Gasteiger partial charge in [0.1, 0.15) is 5.03 Å². The molecule has 17 heavy (non-hydrogen) atoms. The summed E-state index contributed by atoms with van der Waals surface area (Å²) < 4.78 is 0. The first-order valence-electron chi connectivity index (χ1n) is 6.30. The highest BCUT2D eigenvalue weighted by atomic mass is 35.5. The lowest BCUT2D eigenvalue weighted by molar-refractivity contribution is 0.387. The Morgan fingerprint density at radius 1 is 1.53 bits per heavy atom. The highest BCUT2D eigenvalue weighted by Crippen LogP contribution is 2.35. The van der Waals surface area contributed by atoms with E-state index in [4.69, 9.17) is 11.6 Å². The summed E-state index contributed by atoms with van der Waals surface area (Å²) in [4.78, 5) is 4.35. The molecular formula is C13H19ClN2S. The number of aromatic nitrogens is 1. The van der Waals surface area contributed by atoms with Crippen molar-refractivity contribution in [2.75, 3.05) is 6.54 Å². The van der Waals surface area contributed by atoms with Crippen LogP contribution in [0.3, 0.4) is 0 Å². The molecule has 1 aromatic heterocycles. The van der Waals surface area contributed by atoms with E-state index < -0.39 is 0 Å². The van der Waals surface area contributed by atoms with Crippen LogP contribution in [0.5, 0.6) is 0 Å². The third-order valence-electron chi connectivity index (χ3n) is 3.12. The van der Waals surface area contributed by atoms with Crippen molar-refractivity contribution in [2.24, 2.45) is 0 Å². The van der Waals surface area contributed by atoms with Crippen LogP contribution in [-0.2, 0) is 0 Å². The summed E-state index contributed by atoms with van der Waals surface area (Å²) in [6.45, 7) is 3.23. The third kappa shape index (κ3) is 3.87. The zero-order chi connectivity index (χ0) is 12.1. The zero-order valence-electron chi connectivity index (χ0n) is 10.2. The molecule has 1 aromatic rings. The number of nitrogens with one attached hydrogen (secondary N) is 1. The summed E-state index contributed by atoms with van der Waals surface area (Å²) in [6.07, 6.45) is 6.93. The van der Waals surface area contributed by atoms with E-state index >= 15 is 0 Å². The lowest BCUT2D eigenvalue weighted by atomic mass is 9.95. The van der Waals surface area contributed by atoms with E-state index in [1.54, 1.807) is 0 Å². The molecule has 0 amide bonds. The normalized spacial score (nSPS) is 24.8. The predicted molar refractivity (Wildman–Crippen MR) is 74.8 cm³/mol. The Morgan fingerprint density at radius 3 is 3.18 bits per heavy atom. The SMILES string of the molecule is CCNC1CCCC(Sc2ncccc2Cl)C1. The monoisotopic (exact) mass is 270 g/mol. The van der Waals surface area contributed by atoms with Crippen LogP contribution in [0.2, 0.25) is 5.02 Å². The molecule has 1 saturated carbocycles. The molecule has 4 heteroatoms. The number of nitrogens with zero attached hydrogens (tertiary/aromatic N) is 1. The first-order chi connectivity index (χ1) is 8.29. The molecule has 1 fully saturated rings. The Kier molecular flexibility index (Phi) is 5.14. The van der Waals surface area contributed by atoms with Crippen LogP contribution in [0.4, 0.5) is 0 Å².